The summed E-state index contributed by atoms with van der Waals surface area (Å²) in [7, 11) is 0. The molecule has 0 saturated carbocycles. The molecule has 33 heavy (non-hydrogen) atoms. The Morgan fingerprint density at radius 2 is 1.64 bits per heavy atom. The Morgan fingerprint density at radius 3 is 2.27 bits per heavy atom. The van der Waals surface area contributed by atoms with Crippen LogP contribution in [0.5, 0.6) is 0 Å². The molecule has 0 bridgehead atoms. The van der Waals surface area contributed by atoms with Crippen LogP contribution in [0.3, 0.4) is 0 Å². The number of carboxylic acid groups (broad SMARTS) is 1. The Labute approximate surface area is 191 Å². The number of aliphatic carboxylic acids is 1. The summed E-state index contributed by atoms with van der Waals surface area (Å²) in [5.74, 6) is -1.18. The molecule has 2 atom stereocenters. The van der Waals surface area contributed by atoms with Crippen molar-refractivity contribution in [2.24, 2.45) is 0 Å². The highest BCUT2D eigenvalue weighted by Crippen LogP contribution is 2.44. The van der Waals surface area contributed by atoms with E-state index in [-0.39, 0.29) is 25.7 Å². The molecule has 2 heterocycles. The van der Waals surface area contributed by atoms with Crippen LogP contribution in [0.25, 0.3) is 11.1 Å². The van der Waals surface area contributed by atoms with Crippen LogP contribution in [0.15, 0.2) is 72.9 Å². The Hall–Kier alpha value is -3.71. The first-order chi connectivity index (χ1) is 16.1. The second kappa shape index (κ2) is 9.03. The first kappa shape index (κ1) is 21.2. The molecule has 1 aromatic heterocycles. The zero-order valence-corrected chi connectivity index (χ0v) is 18.0. The van der Waals surface area contributed by atoms with Crippen molar-refractivity contribution in [3.63, 3.8) is 0 Å². The van der Waals surface area contributed by atoms with Crippen molar-refractivity contribution in [1.82, 2.24) is 9.88 Å². The van der Waals surface area contributed by atoms with Crippen LogP contribution in [0.2, 0.25) is 0 Å². The number of likely N-dealkylation sites (tertiary alicyclic amines) is 1. The number of nitrogens with zero attached hydrogens (tertiary/aromatic N) is 2. The van der Waals surface area contributed by atoms with Gasteiger partial charge in [-0.3, -0.25) is 9.88 Å². The number of hydrogen-bond donors (Lipinski definition) is 1. The van der Waals surface area contributed by atoms with Crippen molar-refractivity contribution in [3.8, 4) is 11.1 Å². The number of fused-ring (bicyclic) bond motifs is 3. The van der Waals surface area contributed by atoms with Crippen LogP contribution in [0.4, 0.5) is 4.79 Å². The number of rotatable bonds is 6. The third-order valence-corrected chi connectivity index (χ3v) is 6.34. The Morgan fingerprint density at radius 1 is 0.970 bits per heavy atom. The van der Waals surface area contributed by atoms with Gasteiger partial charge in [0.05, 0.1) is 18.4 Å². The molecule has 5 rings (SSSR count). The fraction of sp³-hybridized carbons (Fsp3) is 0.269. The van der Waals surface area contributed by atoms with Gasteiger partial charge in [0.25, 0.3) is 0 Å². The molecule has 0 spiro atoms. The minimum atomic E-state index is -1.10. The van der Waals surface area contributed by atoms with Crippen molar-refractivity contribution in [2.75, 3.05) is 13.2 Å². The van der Waals surface area contributed by atoms with Crippen molar-refractivity contribution in [1.29, 1.82) is 0 Å². The SMILES string of the molecule is O=C(O)[C@H]1[C@H](OCc2ccccn2)CCN1C(=O)OCC1c2ccccc2-c2ccccc21. The number of benzene rings is 2. The lowest BCUT2D eigenvalue weighted by molar-refractivity contribution is -0.146. The topological polar surface area (TPSA) is 89.0 Å². The average Bonchev–Trinajstić information content (AvgIpc) is 3.42. The predicted molar refractivity (Wildman–Crippen MR) is 121 cm³/mol. The molecular weight excluding hydrogens is 420 g/mol. The highest BCUT2D eigenvalue weighted by molar-refractivity contribution is 5.82. The lowest BCUT2D eigenvalue weighted by Gasteiger charge is -2.25. The van der Waals surface area contributed by atoms with E-state index in [9.17, 15) is 14.7 Å². The maximum Gasteiger partial charge on any atom is 0.410 e. The standard InChI is InChI=1S/C26H24N2O5/c29-25(30)24-23(32-15-17-7-5-6-13-27-17)12-14-28(24)26(31)33-16-22-20-10-3-1-8-18(20)19-9-2-4-11-21(19)22/h1-11,13,22-24H,12,14-16H2,(H,29,30)/t23-,24-/m1/s1. The van der Waals surface area contributed by atoms with Gasteiger partial charge in [0.2, 0.25) is 0 Å². The van der Waals surface area contributed by atoms with Crippen LogP contribution in [-0.2, 0) is 20.9 Å². The highest BCUT2D eigenvalue weighted by Gasteiger charge is 2.44. The number of pyridine rings is 1. The molecule has 1 aliphatic heterocycles. The summed E-state index contributed by atoms with van der Waals surface area (Å²) in [5.41, 5.74) is 5.21. The van der Waals surface area contributed by atoms with E-state index in [1.165, 1.54) is 4.90 Å². The van der Waals surface area contributed by atoms with Gasteiger partial charge >= 0.3 is 12.1 Å². The van der Waals surface area contributed by atoms with Gasteiger partial charge in [-0.2, -0.15) is 0 Å². The molecule has 1 fully saturated rings. The first-order valence-electron chi connectivity index (χ1n) is 11.0. The summed E-state index contributed by atoms with van der Waals surface area (Å²) < 4.78 is 11.5. The minimum Gasteiger partial charge on any atom is -0.480 e. The van der Waals surface area contributed by atoms with E-state index in [1.54, 1.807) is 12.3 Å². The maximum absolute atomic E-state index is 12.9. The van der Waals surface area contributed by atoms with Crippen molar-refractivity contribution >= 4 is 12.1 Å². The second-order valence-corrected chi connectivity index (χ2v) is 8.24. The number of carbonyl (C=O) groups is 2. The Bertz CT molecular complexity index is 1120. The number of aromatic nitrogens is 1. The van der Waals surface area contributed by atoms with Crippen LogP contribution >= 0.6 is 0 Å². The van der Waals surface area contributed by atoms with E-state index in [4.69, 9.17) is 9.47 Å². The van der Waals surface area contributed by atoms with Crippen LogP contribution in [-0.4, -0.2) is 52.4 Å². The zero-order valence-electron chi connectivity index (χ0n) is 18.0. The van der Waals surface area contributed by atoms with Gasteiger partial charge in [0.1, 0.15) is 6.61 Å². The van der Waals surface area contributed by atoms with Crippen molar-refractivity contribution in [3.05, 3.63) is 89.7 Å². The van der Waals surface area contributed by atoms with Gasteiger partial charge in [-0.25, -0.2) is 9.59 Å². The molecule has 2 aliphatic rings. The summed E-state index contributed by atoms with van der Waals surface area (Å²) >= 11 is 0. The predicted octanol–water partition coefficient (Wildman–Crippen LogP) is 4.07. The van der Waals surface area contributed by atoms with Gasteiger partial charge < -0.3 is 14.6 Å². The Balaban J connectivity index is 1.26. The van der Waals surface area contributed by atoms with E-state index >= 15 is 0 Å². The molecule has 168 valence electrons. The van der Waals surface area contributed by atoms with Crippen molar-refractivity contribution < 1.29 is 24.2 Å². The summed E-state index contributed by atoms with van der Waals surface area (Å²) in [5, 5.41) is 9.80. The van der Waals surface area contributed by atoms with Gasteiger partial charge in [0, 0.05) is 18.7 Å². The number of carbonyl (C=O) groups excluding carboxylic acids is 1. The summed E-state index contributed by atoms with van der Waals surface area (Å²) in [6.45, 7) is 0.601. The van der Waals surface area contributed by atoms with Crippen LogP contribution < -0.4 is 0 Å². The quantitative estimate of drug-likeness (QED) is 0.616. The number of amides is 1. The molecule has 1 saturated heterocycles. The molecule has 1 amide bonds. The van der Waals surface area contributed by atoms with E-state index in [0.29, 0.717) is 12.1 Å². The minimum absolute atomic E-state index is 0.0802. The third-order valence-electron chi connectivity index (χ3n) is 6.34. The van der Waals surface area contributed by atoms with E-state index in [1.807, 2.05) is 48.5 Å². The smallest absolute Gasteiger partial charge is 0.410 e. The fourth-order valence-corrected chi connectivity index (χ4v) is 4.79. The van der Waals surface area contributed by atoms with E-state index in [2.05, 4.69) is 17.1 Å². The highest BCUT2D eigenvalue weighted by atomic mass is 16.6. The second-order valence-electron chi connectivity index (χ2n) is 8.24. The molecule has 7 heteroatoms. The zero-order chi connectivity index (χ0) is 22.8. The number of carboxylic acids is 1. The molecule has 1 aliphatic carbocycles. The lowest BCUT2D eigenvalue weighted by atomic mass is 9.98. The molecule has 2 aromatic carbocycles. The monoisotopic (exact) mass is 444 g/mol. The summed E-state index contributed by atoms with van der Waals surface area (Å²) in [6.07, 6.45) is 0.831. The molecular formula is C26H24N2O5. The number of hydrogen-bond acceptors (Lipinski definition) is 5. The molecule has 3 aromatic rings. The largest absolute Gasteiger partial charge is 0.480 e. The van der Waals surface area contributed by atoms with Gasteiger partial charge in [-0.15, -0.1) is 0 Å². The van der Waals surface area contributed by atoms with E-state index < -0.39 is 24.2 Å². The van der Waals surface area contributed by atoms with Crippen LogP contribution in [0.1, 0.15) is 29.2 Å². The van der Waals surface area contributed by atoms with Gasteiger partial charge in [-0.05, 0) is 40.8 Å². The van der Waals surface area contributed by atoms with Gasteiger partial charge in [0.15, 0.2) is 6.04 Å². The third kappa shape index (κ3) is 4.07. The maximum atomic E-state index is 12.9. The molecule has 7 nitrogen and oxygen atoms in total. The fourth-order valence-electron chi connectivity index (χ4n) is 4.79. The average molecular weight is 444 g/mol. The normalized spacial score (nSPS) is 19.2. The Kier molecular flexibility index (Phi) is 5.79. The summed E-state index contributed by atoms with van der Waals surface area (Å²) in [4.78, 5) is 30.4. The first-order valence-corrected chi connectivity index (χ1v) is 11.0. The molecule has 0 radical (unpaired) electrons. The van der Waals surface area contributed by atoms with Crippen LogP contribution in [0, 0.1) is 0 Å². The van der Waals surface area contributed by atoms with Gasteiger partial charge in [-0.1, -0.05) is 54.6 Å². The van der Waals surface area contributed by atoms with Crippen molar-refractivity contribution in [2.45, 2.75) is 31.1 Å². The summed E-state index contributed by atoms with van der Waals surface area (Å²) in [6, 6.07) is 20.5. The number of ether oxygens (including phenoxy) is 2. The van der Waals surface area contributed by atoms with E-state index in [0.717, 1.165) is 22.3 Å². The molecule has 1 N–H and O–H groups in total. The lowest BCUT2D eigenvalue weighted by Crippen LogP contribution is -2.46. The molecule has 0 unspecified atom stereocenters.